The number of benzene rings is 1. The average molecular weight is 282 g/mol. The summed E-state index contributed by atoms with van der Waals surface area (Å²) in [4.78, 5) is 2.34. The minimum absolute atomic E-state index is 0.184. The fourth-order valence-electron chi connectivity index (χ4n) is 2.43. The Bertz CT molecular complexity index is 552. The molecule has 0 spiro atoms. The maximum absolute atomic E-state index is 11.2. The Morgan fingerprint density at radius 3 is 2.53 bits per heavy atom. The number of fused-ring (bicyclic) bond motifs is 1. The normalized spacial score (nSPS) is 17.2. The number of hydrogen-bond donors (Lipinski definition) is 1. The van der Waals surface area contributed by atoms with Crippen molar-refractivity contribution in [1.29, 1.82) is 0 Å². The largest absolute Gasteiger partial charge is 0.292 e. The van der Waals surface area contributed by atoms with Gasteiger partial charge in [0.1, 0.15) is 0 Å². The Labute approximate surface area is 115 Å². The first kappa shape index (κ1) is 14.5. The summed E-state index contributed by atoms with van der Waals surface area (Å²) in [7, 11) is -3.13. The monoisotopic (exact) mass is 282 g/mol. The lowest BCUT2D eigenvalue weighted by molar-refractivity contribution is 0.108. The molecule has 0 atom stereocenters. The predicted octanol–water partition coefficient (Wildman–Crippen LogP) is 1.37. The van der Waals surface area contributed by atoms with Crippen molar-refractivity contribution >= 4 is 10.0 Å². The van der Waals surface area contributed by atoms with Crippen molar-refractivity contribution in [2.45, 2.75) is 32.4 Å². The molecular weight excluding hydrogens is 260 g/mol. The molecule has 0 aromatic heterocycles. The highest BCUT2D eigenvalue weighted by molar-refractivity contribution is 7.88. The molecule has 0 bridgehead atoms. The summed E-state index contributed by atoms with van der Waals surface area (Å²) in [5.74, 6) is 0. The Kier molecular flexibility index (Phi) is 3.99. The van der Waals surface area contributed by atoms with Crippen LogP contribution in [0.4, 0.5) is 0 Å². The van der Waals surface area contributed by atoms with Crippen LogP contribution in [0.3, 0.4) is 0 Å². The molecule has 1 aromatic carbocycles. The Balaban J connectivity index is 2.07. The van der Waals surface area contributed by atoms with Crippen molar-refractivity contribution < 1.29 is 8.42 Å². The van der Waals surface area contributed by atoms with Crippen LogP contribution in [0.5, 0.6) is 0 Å². The molecule has 19 heavy (non-hydrogen) atoms. The van der Waals surface area contributed by atoms with Gasteiger partial charge < -0.3 is 0 Å². The second kappa shape index (κ2) is 5.23. The summed E-state index contributed by atoms with van der Waals surface area (Å²) in [6.07, 6.45) is 2.23. The Morgan fingerprint density at radius 1 is 1.26 bits per heavy atom. The minimum Gasteiger partial charge on any atom is -0.292 e. The van der Waals surface area contributed by atoms with Gasteiger partial charge in [0.25, 0.3) is 0 Å². The highest BCUT2D eigenvalue weighted by Gasteiger charge is 2.30. The van der Waals surface area contributed by atoms with E-state index in [9.17, 15) is 8.42 Å². The van der Waals surface area contributed by atoms with E-state index in [4.69, 9.17) is 0 Å². The van der Waals surface area contributed by atoms with E-state index in [2.05, 4.69) is 47.7 Å². The lowest BCUT2D eigenvalue weighted by atomic mass is 9.94. The zero-order valence-corrected chi connectivity index (χ0v) is 12.6. The van der Waals surface area contributed by atoms with Gasteiger partial charge in [-0.05, 0) is 31.4 Å². The average Bonchev–Trinajstić information content (AvgIpc) is 2.35. The molecule has 1 aliphatic rings. The zero-order chi connectivity index (χ0) is 14.1. The first-order chi connectivity index (χ1) is 8.78. The van der Waals surface area contributed by atoms with Gasteiger partial charge in [0.05, 0.1) is 6.26 Å². The molecule has 0 radical (unpaired) electrons. The van der Waals surface area contributed by atoms with Crippen molar-refractivity contribution in [3.8, 4) is 0 Å². The van der Waals surface area contributed by atoms with Crippen LogP contribution in [0.15, 0.2) is 24.3 Å². The van der Waals surface area contributed by atoms with Crippen molar-refractivity contribution in [3.05, 3.63) is 35.4 Å². The standard InChI is InChI=1S/C14H22N2O2S/c1-14(2,11-15-19(3,17)18)16-9-8-12-6-4-5-7-13(12)10-16/h4-7,15H,8-11H2,1-3H3. The second-order valence-corrected chi connectivity index (χ2v) is 7.68. The van der Waals surface area contributed by atoms with E-state index in [0.717, 1.165) is 19.5 Å². The maximum Gasteiger partial charge on any atom is 0.208 e. The molecule has 2 rings (SSSR count). The molecule has 1 heterocycles. The number of sulfonamides is 1. The third-order valence-electron chi connectivity index (χ3n) is 3.75. The van der Waals surface area contributed by atoms with E-state index in [1.165, 1.54) is 17.4 Å². The first-order valence-corrected chi connectivity index (χ1v) is 8.43. The Morgan fingerprint density at radius 2 is 1.89 bits per heavy atom. The summed E-state index contributed by atoms with van der Waals surface area (Å²) in [6.45, 7) is 6.45. The molecule has 4 nitrogen and oxygen atoms in total. The van der Waals surface area contributed by atoms with Crippen LogP contribution in [-0.2, 0) is 23.0 Å². The Hall–Kier alpha value is -0.910. The third-order valence-corrected chi connectivity index (χ3v) is 4.42. The fourth-order valence-corrected chi connectivity index (χ4v) is 3.05. The summed E-state index contributed by atoms with van der Waals surface area (Å²) in [5, 5.41) is 0. The first-order valence-electron chi connectivity index (χ1n) is 6.54. The second-order valence-electron chi connectivity index (χ2n) is 5.85. The molecule has 0 unspecified atom stereocenters. The van der Waals surface area contributed by atoms with Crippen molar-refractivity contribution in [2.75, 3.05) is 19.3 Å². The van der Waals surface area contributed by atoms with Gasteiger partial charge in [0.2, 0.25) is 10.0 Å². The summed E-state index contributed by atoms with van der Waals surface area (Å²) < 4.78 is 25.1. The fraction of sp³-hybridized carbons (Fsp3) is 0.571. The third kappa shape index (κ3) is 3.78. The van der Waals surface area contributed by atoms with E-state index in [-0.39, 0.29) is 5.54 Å². The van der Waals surface area contributed by atoms with Gasteiger partial charge >= 0.3 is 0 Å². The molecule has 0 saturated heterocycles. The molecule has 106 valence electrons. The predicted molar refractivity (Wildman–Crippen MR) is 77.5 cm³/mol. The molecule has 0 saturated carbocycles. The van der Waals surface area contributed by atoms with Gasteiger partial charge in [-0.2, -0.15) is 0 Å². The van der Waals surface area contributed by atoms with Gasteiger partial charge in [0.15, 0.2) is 0 Å². The SMILES string of the molecule is CC(C)(CNS(C)(=O)=O)N1CCc2ccccc2C1. The van der Waals surface area contributed by atoms with Crippen molar-refractivity contribution in [2.24, 2.45) is 0 Å². The lowest BCUT2D eigenvalue weighted by Gasteiger charge is -2.41. The summed E-state index contributed by atoms with van der Waals surface area (Å²) in [5.41, 5.74) is 2.57. The number of nitrogens with zero attached hydrogens (tertiary/aromatic N) is 1. The van der Waals surface area contributed by atoms with Crippen LogP contribution in [0.25, 0.3) is 0 Å². The van der Waals surface area contributed by atoms with Gasteiger partial charge in [-0.15, -0.1) is 0 Å². The summed E-state index contributed by atoms with van der Waals surface area (Å²) in [6, 6.07) is 8.46. The van der Waals surface area contributed by atoms with Gasteiger partial charge in [-0.25, -0.2) is 13.1 Å². The number of rotatable bonds is 4. The molecule has 0 aliphatic carbocycles. The lowest BCUT2D eigenvalue weighted by Crippen LogP contribution is -2.53. The van der Waals surface area contributed by atoms with Crippen LogP contribution in [-0.4, -0.2) is 38.2 Å². The highest BCUT2D eigenvalue weighted by atomic mass is 32.2. The van der Waals surface area contributed by atoms with Gasteiger partial charge in [-0.3, -0.25) is 4.90 Å². The highest BCUT2D eigenvalue weighted by Crippen LogP contribution is 2.24. The van der Waals surface area contributed by atoms with Crippen LogP contribution >= 0.6 is 0 Å². The molecule has 0 fully saturated rings. The molecule has 0 amide bonds. The quantitative estimate of drug-likeness (QED) is 0.907. The van der Waals surface area contributed by atoms with E-state index in [1.807, 2.05) is 0 Å². The summed E-state index contributed by atoms with van der Waals surface area (Å²) >= 11 is 0. The van der Waals surface area contributed by atoms with Crippen LogP contribution < -0.4 is 4.72 Å². The number of nitrogens with one attached hydrogen (secondary N) is 1. The zero-order valence-electron chi connectivity index (χ0n) is 11.8. The van der Waals surface area contributed by atoms with Crippen LogP contribution in [0.1, 0.15) is 25.0 Å². The van der Waals surface area contributed by atoms with Crippen LogP contribution in [0.2, 0.25) is 0 Å². The van der Waals surface area contributed by atoms with E-state index >= 15 is 0 Å². The molecule has 1 aromatic rings. The molecular formula is C14H22N2O2S. The molecule has 5 heteroatoms. The topological polar surface area (TPSA) is 49.4 Å². The minimum atomic E-state index is -3.13. The van der Waals surface area contributed by atoms with Gasteiger partial charge in [-0.1, -0.05) is 24.3 Å². The maximum atomic E-state index is 11.2. The van der Waals surface area contributed by atoms with E-state index in [1.54, 1.807) is 0 Å². The van der Waals surface area contributed by atoms with E-state index in [0.29, 0.717) is 6.54 Å². The van der Waals surface area contributed by atoms with Crippen molar-refractivity contribution in [3.63, 3.8) is 0 Å². The van der Waals surface area contributed by atoms with Crippen molar-refractivity contribution in [1.82, 2.24) is 9.62 Å². The molecule has 1 N–H and O–H groups in total. The van der Waals surface area contributed by atoms with Gasteiger partial charge in [0, 0.05) is 25.2 Å². The number of hydrogen-bond acceptors (Lipinski definition) is 3. The molecule has 1 aliphatic heterocycles. The van der Waals surface area contributed by atoms with E-state index < -0.39 is 10.0 Å². The van der Waals surface area contributed by atoms with Crippen LogP contribution in [0, 0.1) is 0 Å². The smallest absolute Gasteiger partial charge is 0.208 e.